The Morgan fingerprint density at radius 3 is 2.06 bits per heavy atom. The van der Waals surface area contributed by atoms with Gasteiger partial charge in [0.05, 0.1) is 0 Å². The number of hydrogen-bond donors (Lipinski definition) is 1. The summed E-state index contributed by atoms with van der Waals surface area (Å²) < 4.78 is 74.8. The molecular weight excluding hydrogens is 248 g/mol. The van der Waals surface area contributed by atoms with E-state index < -0.39 is 29.5 Å². The van der Waals surface area contributed by atoms with E-state index in [0.29, 0.717) is 0 Å². The van der Waals surface area contributed by atoms with Gasteiger partial charge in [0.1, 0.15) is 11.9 Å². The summed E-state index contributed by atoms with van der Waals surface area (Å²) in [4.78, 5) is 0. The molecule has 0 unspecified atom stereocenters. The summed E-state index contributed by atoms with van der Waals surface area (Å²) in [5, 5.41) is 0. The summed E-state index contributed by atoms with van der Waals surface area (Å²) in [6.45, 7) is 1.25. The van der Waals surface area contributed by atoms with Gasteiger partial charge in [-0.2, -0.15) is 22.0 Å². The van der Waals surface area contributed by atoms with E-state index in [2.05, 4.69) is 0 Å². The zero-order valence-electron chi connectivity index (χ0n) is 8.65. The lowest BCUT2D eigenvalue weighted by Gasteiger charge is -2.26. The normalized spacial score (nSPS) is 14.8. The maximum Gasteiger partial charge on any atom is 0.455 e. The van der Waals surface area contributed by atoms with E-state index in [1.54, 1.807) is 0 Å². The highest BCUT2D eigenvalue weighted by molar-refractivity contribution is 5.28. The summed E-state index contributed by atoms with van der Waals surface area (Å²) in [6, 6.07) is -0.0645. The van der Waals surface area contributed by atoms with Gasteiger partial charge < -0.3 is 5.73 Å². The molecule has 0 fully saturated rings. The molecule has 1 rings (SSSR count). The predicted octanol–water partition coefficient (Wildman–Crippen LogP) is 3.33. The van der Waals surface area contributed by atoms with Crippen molar-refractivity contribution in [3.63, 3.8) is 0 Å². The Morgan fingerprint density at radius 2 is 1.65 bits per heavy atom. The first kappa shape index (κ1) is 13.8. The predicted molar refractivity (Wildman–Crippen MR) is 49.1 cm³/mol. The lowest BCUT2D eigenvalue weighted by atomic mass is 9.99. The number of alkyl halides is 5. The standard InChI is InChI=1S/C10H9F6N/c1-5-4-6(2-3-7(5)11)8(17)9(12,13)10(14,15)16/h2-4,8H,17H2,1H3/t8-/m0/s1. The van der Waals surface area contributed by atoms with Crippen LogP contribution in [0.4, 0.5) is 26.3 Å². The van der Waals surface area contributed by atoms with E-state index >= 15 is 0 Å². The van der Waals surface area contributed by atoms with Gasteiger partial charge in [-0.25, -0.2) is 4.39 Å². The van der Waals surface area contributed by atoms with Crippen LogP contribution in [0.25, 0.3) is 0 Å². The molecular formula is C10H9F6N. The maximum atomic E-state index is 12.9. The van der Waals surface area contributed by atoms with Gasteiger partial charge in [-0.05, 0) is 24.1 Å². The number of aryl methyl sites for hydroxylation is 1. The molecule has 1 aromatic carbocycles. The van der Waals surface area contributed by atoms with E-state index in [0.717, 1.165) is 18.2 Å². The van der Waals surface area contributed by atoms with Crippen molar-refractivity contribution >= 4 is 0 Å². The van der Waals surface area contributed by atoms with Gasteiger partial charge in [0.25, 0.3) is 0 Å². The molecule has 0 aliphatic carbocycles. The Hall–Kier alpha value is -1.24. The Morgan fingerprint density at radius 1 is 1.12 bits per heavy atom. The van der Waals surface area contributed by atoms with Crippen molar-refractivity contribution in [2.75, 3.05) is 0 Å². The summed E-state index contributed by atoms with van der Waals surface area (Å²) in [5.74, 6) is -5.76. The van der Waals surface area contributed by atoms with E-state index in [4.69, 9.17) is 5.73 Å². The van der Waals surface area contributed by atoms with Gasteiger partial charge in [0.15, 0.2) is 0 Å². The van der Waals surface area contributed by atoms with Crippen molar-refractivity contribution in [2.45, 2.75) is 25.1 Å². The third-order valence-electron chi connectivity index (χ3n) is 2.31. The second-order valence-corrected chi connectivity index (χ2v) is 3.61. The van der Waals surface area contributed by atoms with E-state index in [9.17, 15) is 26.3 Å². The van der Waals surface area contributed by atoms with Crippen molar-refractivity contribution in [1.29, 1.82) is 0 Å². The quantitative estimate of drug-likeness (QED) is 0.808. The average molecular weight is 257 g/mol. The number of nitrogens with two attached hydrogens (primary N) is 1. The minimum Gasteiger partial charge on any atom is -0.319 e. The van der Waals surface area contributed by atoms with Crippen molar-refractivity contribution in [2.24, 2.45) is 5.73 Å². The number of halogens is 6. The molecule has 0 saturated carbocycles. The SMILES string of the molecule is Cc1cc([C@H](N)C(F)(F)C(F)(F)F)ccc1F. The van der Waals surface area contributed by atoms with Crippen LogP contribution in [0.2, 0.25) is 0 Å². The highest BCUT2D eigenvalue weighted by Crippen LogP contribution is 2.43. The minimum atomic E-state index is -5.74. The largest absolute Gasteiger partial charge is 0.455 e. The Bertz CT molecular complexity index is 412. The van der Waals surface area contributed by atoms with E-state index in [1.807, 2.05) is 0 Å². The fourth-order valence-corrected chi connectivity index (χ4v) is 1.25. The summed E-state index contributed by atoms with van der Waals surface area (Å²) in [7, 11) is 0. The van der Waals surface area contributed by atoms with Crippen LogP contribution in [0.15, 0.2) is 18.2 Å². The molecule has 1 nitrogen and oxygen atoms in total. The molecule has 0 aromatic heterocycles. The summed E-state index contributed by atoms with van der Waals surface area (Å²) in [6.07, 6.45) is -5.74. The molecule has 0 radical (unpaired) electrons. The Kier molecular flexibility index (Phi) is 3.42. The highest BCUT2D eigenvalue weighted by Gasteiger charge is 2.61. The van der Waals surface area contributed by atoms with Crippen LogP contribution >= 0.6 is 0 Å². The molecule has 0 heterocycles. The lowest BCUT2D eigenvalue weighted by molar-refractivity contribution is -0.291. The van der Waals surface area contributed by atoms with Gasteiger partial charge in [-0.3, -0.25) is 0 Å². The molecule has 0 saturated heterocycles. The molecule has 0 aliphatic heterocycles. The monoisotopic (exact) mass is 257 g/mol. The zero-order chi connectivity index (χ0) is 13.4. The van der Waals surface area contributed by atoms with Crippen LogP contribution in [0.1, 0.15) is 17.2 Å². The number of rotatable bonds is 2. The second kappa shape index (κ2) is 4.21. The van der Waals surface area contributed by atoms with Crippen LogP contribution in [0.3, 0.4) is 0 Å². The van der Waals surface area contributed by atoms with Crippen LogP contribution in [0.5, 0.6) is 0 Å². The van der Waals surface area contributed by atoms with Crippen LogP contribution in [-0.2, 0) is 0 Å². The van der Waals surface area contributed by atoms with Gasteiger partial charge in [-0.15, -0.1) is 0 Å². The van der Waals surface area contributed by atoms with Gasteiger partial charge in [-0.1, -0.05) is 12.1 Å². The molecule has 0 spiro atoms. The molecule has 0 bridgehead atoms. The van der Waals surface area contributed by atoms with E-state index in [-0.39, 0.29) is 5.56 Å². The molecule has 0 amide bonds. The smallest absolute Gasteiger partial charge is 0.319 e. The number of hydrogen-bond acceptors (Lipinski definition) is 1. The third-order valence-corrected chi connectivity index (χ3v) is 2.31. The molecule has 96 valence electrons. The number of benzene rings is 1. The first-order valence-electron chi connectivity index (χ1n) is 4.53. The van der Waals surface area contributed by atoms with Crippen LogP contribution < -0.4 is 5.73 Å². The Balaban J connectivity index is 3.12. The molecule has 2 N–H and O–H groups in total. The van der Waals surface area contributed by atoms with Crippen molar-refractivity contribution in [3.05, 3.63) is 35.1 Å². The first-order valence-corrected chi connectivity index (χ1v) is 4.53. The molecule has 1 atom stereocenters. The van der Waals surface area contributed by atoms with Crippen molar-refractivity contribution < 1.29 is 26.3 Å². The van der Waals surface area contributed by atoms with Gasteiger partial charge in [0.2, 0.25) is 0 Å². The second-order valence-electron chi connectivity index (χ2n) is 3.61. The molecule has 7 heteroatoms. The average Bonchev–Trinajstić information content (AvgIpc) is 2.19. The Labute approximate surface area is 93.2 Å². The van der Waals surface area contributed by atoms with Crippen LogP contribution in [-0.4, -0.2) is 12.1 Å². The maximum absolute atomic E-state index is 12.9. The van der Waals surface area contributed by atoms with Crippen LogP contribution in [0, 0.1) is 12.7 Å². The highest BCUT2D eigenvalue weighted by atomic mass is 19.4. The molecule has 1 aromatic rings. The fourth-order valence-electron chi connectivity index (χ4n) is 1.25. The minimum absolute atomic E-state index is 0.0454. The molecule has 17 heavy (non-hydrogen) atoms. The van der Waals surface area contributed by atoms with Crippen molar-refractivity contribution in [1.82, 2.24) is 0 Å². The lowest BCUT2D eigenvalue weighted by Crippen LogP contribution is -2.45. The summed E-state index contributed by atoms with van der Waals surface area (Å²) >= 11 is 0. The first-order chi connectivity index (χ1) is 7.57. The zero-order valence-corrected chi connectivity index (χ0v) is 8.65. The van der Waals surface area contributed by atoms with Crippen molar-refractivity contribution in [3.8, 4) is 0 Å². The summed E-state index contributed by atoms with van der Waals surface area (Å²) in [5.41, 5.74) is 4.37. The third kappa shape index (κ3) is 2.54. The van der Waals surface area contributed by atoms with Gasteiger partial charge in [0, 0.05) is 0 Å². The van der Waals surface area contributed by atoms with E-state index in [1.165, 1.54) is 6.92 Å². The topological polar surface area (TPSA) is 26.0 Å². The molecule has 0 aliphatic rings. The van der Waals surface area contributed by atoms with Gasteiger partial charge >= 0.3 is 12.1 Å². The fraction of sp³-hybridized carbons (Fsp3) is 0.400.